The second kappa shape index (κ2) is 9.60. The number of fused-ring (bicyclic) bond motifs is 3. The Hall–Kier alpha value is -3.79. The zero-order valence-corrected chi connectivity index (χ0v) is 19.0. The topological polar surface area (TPSA) is 105 Å². The van der Waals surface area contributed by atoms with Crippen LogP contribution in [0.3, 0.4) is 0 Å². The minimum atomic E-state index is -1.19. The van der Waals surface area contributed by atoms with Gasteiger partial charge in [0.1, 0.15) is 12.6 Å². The highest BCUT2D eigenvalue weighted by atomic mass is 16.5. The quantitative estimate of drug-likeness (QED) is 0.547. The first-order valence-corrected chi connectivity index (χ1v) is 11.4. The molecule has 7 nitrogen and oxygen atoms in total. The third-order valence-corrected chi connectivity index (χ3v) is 7.04. The van der Waals surface area contributed by atoms with Crippen molar-refractivity contribution in [1.29, 1.82) is 0 Å². The van der Waals surface area contributed by atoms with Gasteiger partial charge < -0.3 is 20.5 Å². The number of carbonyl (C=O) groups is 3. The summed E-state index contributed by atoms with van der Waals surface area (Å²) < 4.78 is 5.63. The zero-order valence-electron chi connectivity index (χ0n) is 19.0. The van der Waals surface area contributed by atoms with E-state index in [9.17, 15) is 19.5 Å². The summed E-state index contributed by atoms with van der Waals surface area (Å²) in [4.78, 5) is 37.1. The van der Waals surface area contributed by atoms with E-state index in [0.717, 1.165) is 28.7 Å². The van der Waals surface area contributed by atoms with E-state index in [1.54, 1.807) is 6.92 Å². The van der Waals surface area contributed by atoms with Crippen molar-refractivity contribution in [2.45, 2.75) is 50.6 Å². The third-order valence-electron chi connectivity index (χ3n) is 7.04. The lowest BCUT2D eigenvalue weighted by atomic mass is 9.83. The molecular formula is C27H28N2O5. The van der Waals surface area contributed by atoms with Gasteiger partial charge in [0.25, 0.3) is 0 Å². The Morgan fingerprint density at radius 2 is 1.76 bits per heavy atom. The van der Waals surface area contributed by atoms with Crippen molar-refractivity contribution in [2.24, 2.45) is 5.41 Å². The minimum absolute atomic E-state index is 0.0588. The number of terminal acetylenes is 1. The van der Waals surface area contributed by atoms with E-state index in [4.69, 9.17) is 11.2 Å². The van der Waals surface area contributed by atoms with Crippen LogP contribution < -0.4 is 10.6 Å². The second-order valence-corrected chi connectivity index (χ2v) is 9.10. The molecular weight excluding hydrogens is 432 g/mol. The highest BCUT2D eigenvalue weighted by molar-refractivity contribution is 5.88. The molecule has 2 aromatic rings. The Balaban J connectivity index is 1.41. The van der Waals surface area contributed by atoms with Gasteiger partial charge in [0.05, 0.1) is 5.41 Å². The van der Waals surface area contributed by atoms with E-state index >= 15 is 0 Å². The van der Waals surface area contributed by atoms with Crippen LogP contribution in [0.1, 0.15) is 49.7 Å². The summed E-state index contributed by atoms with van der Waals surface area (Å²) in [6, 6.07) is 14.6. The van der Waals surface area contributed by atoms with Crippen LogP contribution in [0.4, 0.5) is 4.79 Å². The molecule has 7 heteroatoms. The summed E-state index contributed by atoms with van der Waals surface area (Å²) in [5.41, 5.74) is 3.58. The van der Waals surface area contributed by atoms with Crippen LogP contribution in [0.2, 0.25) is 0 Å². The molecule has 2 aliphatic carbocycles. The predicted octanol–water partition coefficient (Wildman–Crippen LogP) is 3.68. The Morgan fingerprint density at radius 1 is 1.15 bits per heavy atom. The SMILES string of the molecule is C#CCC(NC(=O)C1(C)CCCC1NC(=O)OCC1c2ccccc2-c2ccccc21)C(=O)O. The smallest absolute Gasteiger partial charge is 0.407 e. The largest absolute Gasteiger partial charge is 0.480 e. The van der Waals surface area contributed by atoms with Crippen molar-refractivity contribution in [3.05, 3.63) is 59.7 Å². The average molecular weight is 461 g/mol. The summed E-state index contributed by atoms with van der Waals surface area (Å²) in [5.74, 6) is 0.595. The summed E-state index contributed by atoms with van der Waals surface area (Å²) in [7, 11) is 0. The van der Waals surface area contributed by atoms with Gasteiger partial charge in [-0.25, -0.2) is 9.59 Å². The van der Waals surface area contributed by atoms with Crippen molar-refractivity contribution in [1.82, 2.24) is 10.6 Å². The van der Waals surface area contributed by atoms with E-state index in [1.807, 2.05) is 24.3 Å². The Labute approximate surface area is 198 Å². The summed E-state index contributed by atoms with van der Waals surface area (Å²) >= 11 is 0. The number of hydrogen-bond donors (Lipinski definition) is 3. The van der Waals surface area contributed by atoms with Crippen LogP contribution in [0.15, 0.2) is 48.5 Å². The number of hydrogen-bond acceptors (Lipinski definition) is 4. The number of alkyl carbamates (subject to hydrolysis) is 1. The number of carbonyl (C=O) groups excluding carboxylic acids is 2. The van der Waals surface area contributed by atoms with Gasteiger partial charge in [0, 0.05) is 18.4 Å². The molecule has 3 unspecified atom stereocenters. The molecule has 2 aromatic carbocycles. The lowest BCUT2D eigenvalue weighted by Crippen LogP contribution is -2.54. The van der Waals surface area contributed by atoms with Gasteiger partial charge in [0.15, 0.2) is 0 Å². The second-order valence-electron chi connectivity index (χ2n) is 9.10. The lowest BCUT2D eigenvalue weighted by molar-refractivity contribution is -0.143. The van der Waals surface area contributed by atoms with E-state index in [1.165, 1.54) is 0 Å². The predicted molar refractivity (Wildman–Crippen MR) is 127 cm³/mol. The van der Waals surface area contributed by atoms with Gasteiger partial charge in [-0.15, -0.1) is 12.3 Å². The van der Waals surface area contributed by atoms with Crippen LogP contribution in [0.5, 0.6) is 0 Å². The number of carboxylic acids is 1. The Bertz CT molecular complexity index is 1110. The van der Waals surface area contributed by atoms with Crippen molar-refractivity contribution in [2.75, 3.05) is 6.61 Å². The summed E-state index contributed by atoms with van der Waals surface area (Å²) in [5, 5.41) is 14.7. The molecule has 2 aliphatic rings. The van der Waals surface area contributed by atoms with E-state index in [-0.39, 0.29) is 18.9 Å². The summed E-state index contributed by atoms with van der Waals surface area (Å²) in [6.07, 6.45) is 6.38. The fraction of sp³-hybridized carbons (Fsp3) is 0.370. The van der Waals surface area contributed by atoms with Gasteiger partial charge in [0.2, 0.25) is 5.91 Å². The molecule has 0 saturated heterocycles. The van der Waals surface area contributed by atoms with Gasteiger partial charge in [-0.1, -0.05) is 55.0 Å². The molecule has 2 amide bonds. The first-order valence-electron chi connectivity index (χ1n) is 11.4. The number of nitrogens with one attached hydrogen (secondary N) is 2. The number of carboxylic acid groups (broad SMARTS) is 1. The molecule has 0 spiro atoms. The van der Waals surface area contributed by atoms with Crippen LogP contribution in [0, 0.1) is 17.8 Å². The average Bonchev–Trinajstić information content (AvgIpc) is 3.36. The molecule has 0 radical (unpaired) electrons. The standard InChI is InChI=1S/C27H28N2O5/c1-3-9-22(24(30)31)28-25(32)27(2)15-8-14-23(27)29-26(33)34-16-21-19-12-6-4-10-17(19)18-11-5-7-13-20(18)21/h1,4-7,10-13,21-23H,8-9,14-16H2,2H3,(H,28,32)(H,29,33)(H,30,31). The molecule has 0 heterocycles. The number of rotatable bonds is 7. The number of amides is 2. The van der Waals surface area contributed by atoms with Crippen molar-refractivity contribution >= 4 is 18.0 Å². The molecule has 0 aliphatic heterocycles. The maximum Gasteiger partial charge on any atom is 0.407 e. The molecule has 3 N–H and O–H groups in total. The van der Waals surface area contributed by atoms with Crippen molar-refractivity contribution in [3.63, 3.8) is 0 Å². The highest BCUT2D eigenvalue weighted by Gasteiger charge is 2.47. The fourth-order valence-corrected chi connectivity index (χ4v) is 5.09. The molecule has 1 fully saturated rings. The molecule has 0 aromatic heterocycles. The van der Waals surface area contributed by atoms with Crippen LogP contribution in [-0.2, 0) is 14.3 Å². The Morgan fingerprint density at radius 3 is 2.35 bits per heavy atom. The van der Waals surface area contributed by atoms with E-state index in [0.29, 0.717) is 12.8 Å². The first kappa shape index (κ1) is 23.4. The first-order chi connectivity index (χ1) is 16.3. The molecule has 3 atom stereocenters. The fourth-order valence-electron chi connectivity index (χ4n) is 5.09. The maximum absolute atomic E-state index is 13.0. The van der Waals surface area contributed by atoms with Crippen molar-refractivity contribution < 1.29 is 24.2 Å². The number of benzene rings is 2. The zero-order chi connectivity index (χ0) is 24.3. The van der Waals surface area contributed by atoms with Gasteiger partial charge in [-0.05, 0) is 42.0 Å². The van der Waals surface area contributed by atoms with E-state index < -0.39 is 35.5 Å². The van der Waals surface area contributed by atoms with E-state index in [2.05, 4.69) is 40.8 Å². The lowest BCUT2D eigenvalue weighted by Gasteiger charge is -2.31. The van der Waals surface area contributed by atoms with Gasteiger partial charge >= 0.3 is 12.1 Å². The van der Waals surface area contributed by atoms with Crippen LogP contribution in [-0.4, -0.2) is 41.8 Å². The number of aliphatic carboxylic acids is 1. The number of ether oxygens (including phenoxy) is 1. The van der Waals surface area contributed by atoms with Gasteiger partial charge in [-0.2, -0.15) is 0 Å². The molecule has 34 heavy (non-hydrogen) atoms. The molecule has 0 bridgehead atoms. The monoisotopic (exact) mass is 460 g/mol. The van der Waals surface area contributed by atoms with Crippen LogP contribution >= 0.6 is 0 Å². The Kier molecular flexibility index (Phi) is 6.60. The highest BCUT2D eigenvalue weighted by Crippen LogP contribution is 2.44. The molecule has 4 rings (SSSR count). The van der Waals surface area contributed by atoms with Crippen LogP contribution in [0.25, 0.3) is 11.1 Å². The normalized spacial score (nSPS) is 21.6. The van der Waals surface area contributed by atoms with Gasteiger partial charge in [-0.3, -0.25) is 4.79 Å². The maximum atomic E-state index is 13.0. The molecule has 1 saturated carbocycles. The minimum Gasteiger partial charge on any atom is -0.480 e. The third kappa shape index (κ3) is 4.36. The van der Waals surface area contributed by atoms with Crippen molar-refractivity contribution in [3.8, 4) is 23.5 Å². The molecule has 176 valence electrons. The summed E-state index contributed by atoms with van der Waals surface area (Å²) in [6.45, 7) is 1.91.